The van der Waals surface area contributed by atoms with E-state index >= 15 is 0 Å². The van der Waals surface area contributed by atoms with Crippen LogP contribution in [0, 0.1) is 5.82 Å². The second-order valence-electron chi connectivity index (χ2n) is 6.53. The first-order chi connectivity index (χ1) is 12.3. The molecule has 1 aromatic heterocycles. The van der Waals surface area contributed by atoms with E-state index in [9.17, 15) is 4.39 Å². The standard InChI is InChI=1S/C18H22FN3O3/c19-13-3-5-15(6-4-13)24-12-17-20-18(25-21-17)16-2-1-9-22(16)14-7-10-23-11-8-14/h3-6,14,16H,1-2,7-12H2/t16-/m0/s1. The van der Waals surface area contributed by atoms with Crippen LogP contribution in [0.3, 0.4) is 0 Å². The van der Waals surface area contributed by atoms with Gasteiger partial charge in [-0.05, 0) is 56.5 Å². The Morgan fingerprint density at radius 1 is 1.16 bits per heavy atom. The van der Waals surface area contributed by atoms with E-state index in [-0.39, 0.29) is 18.5 Å². The monoisotopic (exact) mass is 347 g/mol. The second kappa shape index (κ2) is 7.49. The summed E-state index contributed by atoms with van der Waals surface area (Å²) in [7, 11) is 0. The molecule has 4 rings (SSSR count). The molecule has 1 aromatic carbocycles. The molecule has 2 aromatic rings. The lowest BCUT2D eigenvalue weighted by molar-refractivity contribution is 0.0243. The summed E-state index contributed by atoms with van der Waals surface area (Å²) in [6.07, 6.45) is 4.31. The second-order valence-corrected chi connectivity index (χ2v) is 6.53. The average Bonchev–Trinajstić information content (AvgIpc) is 3.31. The highest BCUT2D eigenvalue weighted by molar-refractivity contribution is 5.22. The fraction of sp³-hybridized carbons (Fsp3) is 0.556. The Bertz CT molecular complexity index is 685. The van der Waals surface area contributed by atoms with Gasteiger partial charge in [-0.1, -0.05) is 5.16 Å². The summed E-state index contributed by atoms with van der Waals surface area (Å²) in [5, 5.41) is 4.04. The molecule has 0 bridgehead atoms. The lowest BCUT2D eigenvalue weighted by atomic mass is 10.1. The maximum absolute atomic E-state index is 12.9. The van der Waals surface area contributed by atoms with Crippen LogP contribution in [-0.4, -0.2) is 40.8 Å². The van der Waals surface area contributed by atoms with E-state index in [1.165, 1.54) is 12.1 Å². The minimum atomic E-state index is -0.288. The van der Waals surface area contributed by atoms with Crippen molar-refractivity contribution in [3.05, 3.63) is 41.8 Å². The fourth-order valence-corrected chi connectivity index (χ4v) is 3.65. The van der Waals surface area contributed by atoms with Crippen molar-refractivity contribution >= 4 is 0 Å². The van der Waals surface area contributed by atoms with Crippen LogP contribution in [0.5, 0.6) is 5.75 Å². The van der Waals surface area contributed by atoms with Crippen LogP contribution < -0.4 is 4.74 Å². The number of likely N-dealkylation sites (tertiary alicyclic amines) is 1. The van der Waals surface area contributed by atoms with Gasteiger partial charge in [-0.15, -0.1) is 0 Å². The van der Waals surface area contributed by atoms with Crippen molar-refractivity contribution in [1.29, 1.82) is 0 Å². The molecule has 0 unspecified atom stereocenters. The van der Waals surface area contributed by atoms with Crippen molar-refractivity contribution in [3.63, 3.8) is 0 Å². The van der Waals surface area contributed by atoms with Crippen molar-refractivity contribution in [3.8, 4) is 5.75 Å². The summed E-state index contributed by atoms with van der Waals surface area (Å²) in [5.74, 6) is 1.47. The van der Waals surface area contributed by atoms with Gasteiger partial charge in [0.15, 0.2) is 6.61 Å². The Labute approximate surface area is 145 Å². The summed E-state index contributed by atoms with van der Waals surface area (Å²) in [4.78, 5) is 7.01. The van der Waals surface area contributed by atoms with Crippen molar-refractivity contribution in [1.82, 2.24) is 15.0 Å². The summed E-state index contributed by atoms with van der Waals surface area (Å²) >= 11 is 0. The van der Waals surface area contributed by atoms with Gasteiger partial charge >= 0.3 is 0 Å². The normalized spacial score (nSPS) is 22.4. The molecule has 25 heavy (non-hydrogen) atoms. The van der Waals surface area contributed by atoms with E-state index in [1.807, 2.05) is 0 Å². The van der Waals surface area contributed by atoms with Crippen molar-refractivity contribution in [2.75, 3.05) is 19.8 Å². The highest BCUT2D eigenvalue weighted by Crippen LogP contribution is 2.35. The van der Waals surface area contributed by atoms with Crippen LogP contribution in [0.2, 0.25) is 0 Å². The Morgan fingerprint density at radius 3 is 2.76 bits per heavy atom. The quantitative estimate of drug-likeness (QED) is 0.828. The Balaban J connectivity index is 1.39. The first-order valence-corrected chi connectivity index (χ1v) is 8.84. The number of ether oxygens (including phenoxy) is 2. The number of nitrogens with zero attached hydrogens (tertiary/aromatic N) is 3. The van der Waals surface area contributed by atoms with Crippen LogP contribution in [0.4, 0.5) is 4.39 Å². The molecule has 0 saturated carbocycles. The highest BCUT2D eigenvalue weighted by Gasteiger charge is 2.35. The number of hydrogen-bond acceptors (Lipinski definition) is 6. The zero-order valence-electron chi connectivity index (χ0n) is 14.1. The molecule has 0 aliphatic carbocycles. The Kier molecular flexibility index (Phi) is 4.94. The molecule has 2 fully saturated rings. The van der Waals surface area contributed by atoms with Crippen molar-refractivity contribution in [2.45, 2.75) is 44.4 Å². The maximum Gasteiger partial charge on any atom is 0.244 e. The van der Waals surface area contributed by atoms with Crippen LogP contribution in [-0.2, 0) is 11.3 Å². The van der Waals surface area contributed by atoms with Gasteiger partial charge in [-0.3, -0.25) is 4.90 Å². The molecule has 0 N–H and O–H groups in total. The van der Waals surface area contributed by atoms with Crippen LogP contribution in [0.15, 0.2) is 28.8 Å². The van der Waals surface area contributed by atoms with Gasteiger partial charge in [0.2, 0.25) is 11.7 Å². The zero-order valence-corrected chi connectivity index (χ0v) is 14.1. The smallest absolute Gasteiger partial charge is 0.244 e. The lowest BCUT2D eigenvalue weighted by Crippen LogP contribution is -2.39. The summed E-state index contributed by atoms with van der Waals surface area (Å²) in [5.41, 5.74) is 0. The first-order valence-electron chi connectivity index (χ1n) is 8.84. The minimum absolute atomic E-state index is 0.190. The van der Waals surface area contributed by atoms with Gasteiger partial charge in [-0.2, -0.15) is 4.98 Å². The number of halogens is 1. The molecule has 2 saturated heterocycles. The summed E-state index contributed by atoms with van der Waals surface area (Å²) < 4.78 is 29.5. The number of hydrogen-bond donors (Lipinski definition) is 0. The third kappa shape index (κ3) is 3.82. The molecule has 7 heteroatoms. The molecule has 0 radical (unpaired) electrons. The largest absolute Gasteiger partial charge is 0.485 e. The van der Waals surface area contributed by atoms with Gasteiger partial charge < -0.3 is 14.0 Å². The maximum atomic E-state index is 12.9. The topological polar surface area (TPSA) is 60.6 Å². The number of rotatable bonds is 5. The Hall–Kier alpha value is -1.99. The minimum Gasteiger partial charge on any atom is -0.485 e. The molecule has 0 amide bonds. The van der Waals surface area contributed by atoms with E-state index < -0.39 is 0 Å². The van der Waals surface area contributed by atoms with E-state index in [2.05, 4.69) is 15.0 Å². The summed E-state index contributed by atoms with van der Waals surface area (Å²) in [6.45, 7) is 2.93. The highest BCUT2D eigenvalue weighted by atomic mass is 19.1. The number of aromatic nitrogens is 2. The molecular formula is C18H22FN3O3. The molecule has 3 heterocycles. The van der Waals surface area contributed by atoms with Crippen LogP contribution in [0.25, 0.3) is 0 Å². The third-order valence-electron chi connectivity index (χ3n) is 4.90. The van der Waals surface area contributed by atoms with E-state index in [1.54, 1.807) is 12.1 Å². The molecule has 2 aliphatic rings. The molecule has 6 nitrogen and oxygen atoms in total. The molecule has 2 aliphatic heterocycles. The van der Waals surface area contributed by atoms with Gasteiger partial charge in [-0.25, -0.2) is 4.39 Å². The molecular weight excluding hydrogens is 325 g/mol. The zero-order chi connectivity index (χ0) is 17.1. The SMILES string of the molecule is Fc1ccc(OCc2noc([C@@H]3CCCN3C3CCOCC3)n2)cc1. The van der Waals surface area contributed by atoms with Crippen molar-refractivity contribution < 1.29 is 18.4 Å². The lowest BCUT2D eigenvalue weighted by Gasteiger charge is -2.33. The van der Waals surface area contributed by atoms with E-state index in [0.29, 0.717) is 23.5 Å². The molecule has 0 spiro atoms. The van der Waals surface area contributed by atoms with Crippen molar-refractivity contribution in [2.24, 2.45) is 0 Å². The van der Waals surface area contributed by atoms with Crippen LogP contribution in [0.1, 0.15) is 43.4 Å². The predicted octanol–water partition coefficient (Wildman–Crippen LogP) is 3.10. The molecule has 1 atom stereocenters. The number of benzene rings is 1. The summed E-state index contributed by atoms with van der Waals surface area (Å²) in [6, 6.07) is 6.62. The van der Waals surface area contributed by atoms with E-state index in [0.717, 1.165) is 45.4 Å². The van der Waals surface area contributed by atoms with Crippen LogP contribution >= 0.6 is 0 Å². The molecule has 134 valence electrons. The van der Waals surface area contributed by atoms with Gasteiger partial charge in [0, 0.05) is 19.3 Å². The third-order valence-corrected chi connectivity index (χ3v) is 4.90. The van der Waals surface area contributed by atoms with E-state index in [4.69, 9.17) is 14.0 Å². The fourth-order valence-electron chi connectivity index (χ4n) is 3.65. The first kappa shape index (κ1) is 16.5. The Morgan fingerprint density at radius 2 is 1.96 bits per heavy atom. The van der Waals surface area contributed by atoms with Gasteiger partial charge in [0.25, 0.3) is 0 Å². The van der Waals surface area contributed by atoms with Gasteiger partial charge in [0.1, 0.15) is 11.6 Å². The predicted molar refractivity (Wildman–Crippen MR) is 87.6 cm³/mol. The average molecular weight is 347 g/mol. The van der Waals surface area contributed by atoms with Gasteiger partial charge in [0.05, 0.1) is 6.04 Å².